The standard InChI is InChI=1S/C20H24N4O/c1-20(2)10-15-18(16(25)11-20)17(13-8-6-5-7-9-13)14(12-21)19(22)24(15)23(3)4/h5-9,17H,10-11,22H2,1-4H3/t17-/m1/s1. The lowest BCUT2D eigenvalue weighted by Crippen LogP contribution is -2.47. The molecule has 3 rings (SSSR count). The van der Waals surface area contributed by atoms with Gasteiger partial charge in [0.15, 0.2) is 5.78 Å². The van der Waals surface area contributed by atoms with E-state index in [0.29, 0.717) is 23.4 Å². The van der Waals surface area contributed by atoms with Gasteiger partial charge in [-0.15, -0.1) is 0 Å². The monoisotopic (exact) mass is 336 g/mol. The highest BCUT2D eigenvalue weighted by Gasteiger charge is 2.44. The van der Waals surface area contributed by atoms with Gasteiger partial charge in [0, 0.05) is 31.8 Å². The molecule has 1 atom stereocenters. The number of Topliss-reactive ketones (excluding diaryl/α,β-unsaturated/α-hetero) is 1. The molecule has 1 aromatic carbocycles. The van der Waals surface area contributed by atoms with E-state index >= 15 is 0 Å². The number of rotatable bonds is 2. The van der Waals surface area contributed by atoms with Crippen LogP contribution in [0.5, 0.6) is 0 Å². The summed E-state index contributed by atoms with van der Waals surface area (Å²) in [6, 6.07) is 12.0. The fourth-order valence-electron chi connectivity index (χ4n) is 3.93. The Morgan fingerprint density at radius 3 is 2.44 bits per heavy atom. The maximum Gasteiger partial charge on any atom is 0.162 e. The highest BCUT2D eigenvalue weighted by molar-refractivity contribution is 6.00. The number of nitrogens with zero attached hydrogens (tertiary/aromatic N) is 3. The largest absolute Gasteiger partial charge is 0.383 e. The molecular formula is C20H24N4O. The van der Waals surface area contributed by atoms with Crippen molar-refractivity contribution in [1.29, 1.82) is 5.26 Å². The van der Waals surface area contributed by atoms with Crippen molar-refractivity contribution in [1.82, 2.24) is 10.0 Å². The van der Waals surface area contributed by atoms with Gasteiger partial charge >= 0.3 is 0 Å². The van der Waals surface area contributed by atoms with Crippen molar-refractivity contribution in [2.45, 2.75) is 32.6 Å². The van der Waals surface area contributed by atoms with E-state index < -0.39 is 0 Å². The first-order valence-corrected chi connectivity index (χ1v) is 8.45. The van der Waals surface area contributed by atoms with Gasteiger partial charge in [-0.2, -0.15) is 5.26 Å². The molecule has 2 N–H and O–H groups in total. The van der Waals surface area contributed by atoms with Crippen LogP contribution in [0.25, 0.3) is 0 Å². The Balaban J connectivity index is 2.28. The van der Waals surface area contributed by atoms with Gasteiger partial charge in [0.25, 0.3) is 0 Å². The lowest BCUT2D eigenvalue weighted by atomic mass is 9.69. The Morgan fingerprint density at radius 2 is 1.88 bits per heavy atom. The van der Waals surface area contributed by atoms with Crippen LogP contribution in [0, 0.1) is 16.7 Å². The molecule has 25 heavy (non-hydrogen) atoms. The number of hydrazine groups is 1. The number of nitrogens with two attached hydrogens (primary N) is 1. The van der Waals surface area contributed by atoms with Crippen LogP contribution in [0.1, 0.15) is 38.2 Å². The minimum absolute atomic E-state index is 0.104. The predicted octanol–water partition coefficient (Wildman–Crippen LogP) is 2.90. The fourth-order valence-corrected chi connectivity index (χ4v) is 3.93. The number of ketones is 1. The molecule has 0 saturated heterocycles. The van der Waals surface area contributed by atoms with Crippen LogP contribution in [-0.2, 0) is 4.79 Å². The second kappa shape index (κ2) is 6.05. The smallest absolute Gasteiger partial charge is 0.162 e. The first kappa shape index (κ1) is 17.2. The van der Waals surface area contributed by atoms with Crippen LogP contribution in [0.2, 0.25) is 0 Å². The lowest BCUT2D eigenvalue weighted by Gasteiger charge is -2.45. The van der Waals surface area contributed by atoms with Gasteiger partial charge in [0.1, 0.15) is 5.82 Å². The Hall–Kier alpha value is -2.58. The molecule has 0 spiro atoms. The molecule has 2 aliphatic rings. The third kappa shape index (κ3) is 2.83. The Morgan fingerprint density at radius 1 is 1.24 bits per heavy atom. The summed E-state index contributed by atoms with van der Waals surface area (Å²) in [6.45, 7) is 4.19. The zero-order valence-corrected chi connectivity index (χ0v) is 15.2. The van der Waals surface area contributed by atoms with Gasteiger partial charge in [-0.1, -0.05) is 44.2 Å². The van der Waals surface area contributed by atoms with Crippen LogP contribution >= 0.6 is 0 Å². The zero-order chi connectivity index (χ0) is 18.4. The highest BCUT2D eigenvalue weighted by atomic mass is 16.1. The number of carbonyl (C=O) groups is 1. The number of hydrogen-bond donors (Lipinski definition) is 1. The van der Waals surface area contributed by atoms with Gasteiger partial charge in [-0.25, -0.2) is 5.01 Å². The SMILES string of the molecule is CN(C)N1C(N)=C(C#N)[C@@H](c2ccccc2)C2=C1CC(C)(C)CC2=O. The molecule has 0 aromatic heterocycles. The molecule has 5 heteroatoms. The predicted molar refractivity (Wildman–Crippen MR) is 96.6 cm³/mol. The summed E-state index contributed by atoms with van der Waals surface area (Å²) in [5, 5.41) is 13.5. The van der Waals surface area contributed by atoms with Crippen LogP contribution in [-0.4, -0.2) is 29.9 Å². The summed E-state index contributed by atoms with van der Waals surface area (Å²) < 4.78 is 0. The first-order valence-electron chi connectivity index (χ1n) is 8.45. The minimum Gasteiger partial charge on any atom is -0.383 e. The van der Waals surface area contributed by atoms with E-state index in [2.05, 4.69) is 19.9 Å². The summed E-state index contributed by atoms with van der Waals surface area (Å²) in [5.41, 5.74) is 9.26. The van der Waals surface area contributed by atoms with Gasteiger partial charge in [-0.3, -0.25) is 9.80 Å². The molecule has 1 aromatic rings. The second-order valence-corrected chi connectivity index (χ2v) is 7.71. The number of benzene rings is 1. The normalized spacial score (nSPS) is 23.0. The Labute approximate surface area is 149 Å². The third-order valence-electron chi connectivity index (χ3n) is 4.89. The number of carbonyl (C=O) groups excluding carboxylic acids is 1. The van der Waals surface area contributed by atoms with Crippen molar-refractivity contribution in [2.24, 2.45) is 11.1 Å². The summed E-state index contributed by atoms with van der Waals surface area (Å²) in [5.74, 6) is 0.124. The van der Waals surface area contributed by atoms with Gasteiger partial charge < -0.3 is 5.73 Å². The topological polar surface area (TPSA) is 73.4 Å². The van der Waals surface area contributed by atoms with E-state index in [1.54, 1.807) is 0 Å². The number of nitriles is 1. The van der Waals surface area contributed by atoms with Crippen LogP contribution in [0.4, 0.5) is 0 Å². The van der Waals surface area contributed by atoms with Crippen molar-refractivity contribution < 1.29 is 4.79 Å². The van der Waals surface area contributed by atoms with Crippen molar-refractivity contribution in [3.05, 3.63) is 58.6 Å². The molecule has 0 bridgehead atoms. The lowest BCUT2D eigenvalue weighted by molar-refractivity contribution is -0.119. The summed E-state index contributed by atoms with van der Waals surface area (Å²) in [6.07, 6.45) is 1.23. The molecule has 1 aliphatic heterocycles. The molecule has 1 heterocycles. The van der Waals surface area contributed by atoms with Crippen molar-refractivity contribution in [3.8, 4) is 6.07 Å². The molecule has 5 nitrogen and oxygen atoms in total. The molecule has 0 radical (unpaired) electrons. The summed E-state index contributed by atoms with van der Waals surface area (Å²) in [7, 11) is 3.75. The van der Waals surface area contributed by atoms with Gasteiger partial charge in [-0.05, 0) is 17.4 Å². The van der Waals surface area contributed by atoms with E-state index in [1.807, 2.05) is 54.4 Å². The first-order chi connectivity index (χ1) is 11.8. The van der Waals surface area contributed by atoms with E-state index in [0.717, 1.165) is 17.7 Å². The van der Waals surface area contributed by atoms with E-state index in [1.165, 1.54) is 0 Å². The average molecular weight is 336 g/mol. The molecular weight excluding hydrogens is 312 g/mol. The minimum atomic E-state index is -0.388. The number of hydrogen-bond acceptors (Lipinski definition) is 5. The molecule has 0 saturated carbocycles. The van der Waals surface area contributed by atoms with E-state index in [-0.39, 0.29) is 17.1 Å². The molecule has 0 unspecified atom stereocenters. The fraction of sp³-hybridized carbons (Fsp3) is 0.400. The second-order valence-electron chi connectivity index (χ2n) is 7.71. The van der Waals surface area contributed by atoms with Crippen molar-refractivity contribution >= 4 is 5.78 Å². The van der Waals surface area contributed by atoms with Crippen LogP contribution in [0.15, 0.2) is 53.0 Å². The number of allylic oxidation sites excluding steroid dienone is 3. The third-order valence-corrected chi connectivity index (χ3v) is 4.89. The maximum atomic E-state index is 13.1. The van der Waals surface area contributed by atoms with Crippen LogP contribution < -0.4 is 5.73 Å². The molecule has 0 fully saturated rings. The van der Waals surface area contributed by atoms with E-state index in [9.17, 15) is 10.1 Å². The van der Waals surface area contributed by atoms with Gasteiger partial charge in [0.2, 0.25) is 0 Å². The molecule has 0 amide bonds. The van der Waals surface area contributed by atoms with Crippen molar-refractivity contribution in [3.63, 3.8) is 0 Å². The summed E-state index contributed by atoms with van der Waals surface area (Å²) in [4.78, 5) is 13.1. The quantitative estimate of drug-likeness (QED) is 0.899. The zero-order valence-electron chi connectivity index (χ0n) is 15.2. The molecule has 130 valence electrons. The van der Waals surface area contributed by atoms with E-state index in [4.69, 9.17) is 5.73 Å². The Kier molecular flexibility index (Phi) is 4.18. The van der Waals surface area contributed by atoms with Crippen LogP contribution in [0.3, 0.4) is 0 Å². The Bertz CT molecular complexity index is 812. The maximum absolute atomic E-state index is 13.1. The molecule has 1 aliphatic carbocycles. The average Bonchev–Trinajstić information content (AvgIpc) is 2.53. The summed E-state index contributed by atoms with van der Waals surface area (Å²) >= 11 is 0. The van der Waals surface area contributed by atoms with Gasteiger partial charge in [0.05, 0.1) is 17.6 Å². The van der Waals surface area contributed by atoms with Crippen molar-refractivity contribution in [2.75, 3.05) is 14.1 Å². The highest BCUT2D eigenvalue weighted by Crippen LogP contribution is 2.48.